The van der Waals surface area contributed by atoms with Gasteiger partial charge in [0, 0.05) is 61.2 Å². The molecule has 0 atom stereocenters. The van der Waals surface area contributed by atoms with E-state index in [2.05, 4.69) is 9.97 Å². The molecule has 0 aliphatic heterocycles. The average Bonchev–Trinajstić information content (AvgIpc) is 2.78. The molecule has 6 heteroatoms. The standard InChI is InChI=1S/C24H24ClN3O2/c1-3-24(30)28(2)16-18-6-9-20(21(25)13-18)19-8-10-22(27-15-19)23(29)11-7-17-5-4-12-26-14-17/h4-6,8-10,12-15H,3,7,11,16H2,1-2H3. The smallest absolute Gasteiger partial charge is 0.222 e. The zero-order valence-electron chi connectivity index (χ0n) is 17.1. The van der Waals surface area contributed by atoms with Gasteiger partial charge in [-0.2, -0.15) is 0 Å². The number of Topliss-reactive ketones (excluding diaryl/α,β-unsaturated/α-hetero) is 1. The highest BCUT2D eigenvalue weighted by molar-refractivity contribution is 6.33. The summed E-state index contributed by atoms with van der Waals surface area (Å²) in [6.45, 7) is 2.35. The van der Waals surface area contributed by atoms with Crippen molar-refractivity contribution >= 4 is 23.3 Å². The predicted octanol–water partition coefficient (Wildman–Crippen LogP) is 4.98. The van der Waals surface area contributed by atoms with Crippen LogP contribution in [-0.2, 0) is 17.8 Å². The van der Waals surface area contributed by atoms with Gasteiger partial charge in [0.25, 0.3) is 0 Å². The Morgan fingerprint density at radius 2 is 1.90 bits per heavy atom. The van der Waals surface area contributed by atoms with Gasteiger partial charge in [0.05, 0.1) is 0 Å². The van der Waals surface area contributed by atoms with Gasteiger partial charge in [-0.3, -0.25) is 19.6 Å². The van der Waals surface area contributed by atoms with Crippen LogP contribution in [0.3, 0.4) is 0 Å². The predicted molar refractivity (Wildman–Crippen MR) is 118 cm³/mol. The van der Waals surface area contributed by atoms with E-state index < -0.39 is 0 Å². The highest BCUT2D eigenvalue weighted by Gasteiger charge is 2.12. The summed E-state index contributed by atoms with van der Waals surface area (Å²) in [5.74, 6) is 0.0821. The number of nitrogens with zero attached hydrogens (tertiary/aromatic N) is 3. The summed E-state index contributed by atoms with van der Waals surface area (Å²) >= 11 is 6.48. The molecule has 0 saturated carbocycles. The van der Waals surface area contributed by atoms with Crippen LogP contribution in [0.4, 0.5) is 0 Å². The number of ketones is 1. The number of amides is 1. The highest BCUT2D eigenvalue weighted by atomic mass is 35.5. The van der Waals surface area contributed by atoms with E-state index in [0.717, 1.165) is 22.3 Å². The quantitative estimate of drug-likeness (QED) is 0.481. The van der Waals surface area contributed by atoms with E-state index >= 15 is 0 Å². The molecule has 154 valence electrons. The van der Waals surface area contributed by atoms with Gasteiger partial charge >= 0.3 is 0 Å². The lowest BCUT2D eigenvalue weighted by atomic mass is 10.0. The van der Waals surface area contributed by atoms with Crippen molar-refractivity contribution in [2.24, 2.45) is 0 Å². The molecule has 3 rings (SSSR count). The van der Waals surface area contributed by atoms with Gasteiger partial charge in [0.15, 0.2) is 5.78 Å². The summed E-state index contributed by atoms with van der Waals surface area (Å²) in [7, 11) is 1.78. The summed E-state index contributed by atoms with van der Waals surface area (Å²) in [6.07, 6.45) is 6.65. The zero-order chi connectivity index (χ0) is 21.5. The highest BCUT2D eigenvalue weighted by Crippen LogP contribution is 2.29. The Hall–Kier alpha value is -3.05. The summed E-state index contributed by atoms with van der Waals surface area (Å²) in [5, 5.41) is 0.585. The van der Waals surface area contributed by atoms with Gasteiger partial charge < -0.3 is 4.90 Å². The second kappa shape index (κ2) is 10.1. The number of aryl methyl sites for hydroxylation is 1. The molecule has 3 aromatic rings. The minimum absolute atomic E-state index is 0.00419. The molecule has 0 unspecified atom stereocenters. The van der Waals surface area contributed by atoms with Crippen molar-refractivity contribution < 1.29 is 9.59 Å². The molecule has 0 N–H and O–H groups in total. The van der Waals surface area contributed by atoms with Crippen molar-refractivity contribution in [3.8, 4) is 11.1 Å². The van der Waals surface area contributed by atoms with Crippen LogP contribution in [0.2, 0.25) is 5.02 Å². The van der Waals surface area contributed by atoms with Crippen molar-refractivity contribution in [1.29, 1.82) is 0 Å². The number of aromatic nitrogens is 2. The molecule has 30 heavy (non-hydrogen) atoms. The molecule has 0 spiro atoms. The normalized spacial score (nSPS) is 10.6. The van der Waals surface area contributed by atoms with Crippen LogP contribution in [0.1, 0.15) is 41.4 Å². The first-order valence-electron chi connectivity index (χ1n) is 9.89. The number of carbonyl (C=O) groups is 2. The Labute approximate surface area is 181 Å². The first kappa shape index (κ1) is 21.7. The maximum Gasteiger partial charge on any atom is 0.222 e. The van der Waals surface area contributed by atoms with Crippen LogP contribution in [-0.4, -0.2) is 33.6 Å². The maximum atomic E-state index is 12.4. The van der Waals surface area contributed by atoms with Crippen LogP contribution in [0.15, 0.2) is 61.1 Å². The Morgan fingerprint density at radius 3 is 2.53 bits per heavy atom. The van der Waals surface area contributed by atoms with Gasteiger partial charge in [0.1, 0.15) is 5.69 Å². The van der Waals surface area contributed by atoms with Gasteiger partial charge in [-0.15, -0.1) is 0 Å². The molecule has 0 saturated heterocycles. The molecule has 1 amide bonds. The summed E-state index contributed by atoms with van der Waals surface area (Å²) < 4.78 is 0. The molecule has 0 radical (unpaired) electrons. The number of hydrogen-bond donors (Lipinski definition) is 0. The molecule has 5 nitrogen and oxygen atoms in total. The van der Waals surface area contributed by atoms with Gasteiger partial charge in [-0.1, -0.05) is 42.8 Å². The third-order valence-corrected chi connectivity index (χ3v) is 5.22. The SMILES string of the molecule is CCC(=O)N(C)Cc1ccc(-c2ccc(C(=O)CCc3cccnc3)nc2)c(Cl)c1. The molecule has 0 bridgehead atoms. The van der Waals surface area contributed by atoms with Gasteiger partial charge in [0.2, 0.25) is 5.91 Å². The van der Waals surface area contributed by atoms with E-state index in [1.54, 1.807) is 36.6 Å². The van der Waals surface area contributed by atoms with Crippen molar-refractivity contribution in [1.82, 2.24) is 14.9 Å². The maximum absolute atomic E-state index is 12.4. The van der Waals surface area contributed by atoms with E-state index in [1.807, 2.05) is 43.3 Å². The molecular formula is C24H24ClN3O2. The number of hydrogen-bond acceptors (Lipinski definition) is 4. The number of halogens is 1. The second-order valence-electron chi connectivity index (χ2n) is 7.13. The molecule has 2 aromatic heterocycles. The van der Waals surface area contributed by atoms with Crippen molar-refractivity contribution in [3.05, 3.63) is 82.9 Å². The fourth-order valence-electron chi connectivity index (χ4n) is 3.17. The van der Waals surface area contributed by atoms with E-state index in [4.69, 9.17) is 11.6 Å². The minimum atomic E-state index is -0.00419. The largest absolute Gasteiger partial charge is 0.341 e. The van der Waals surface area contributed by atoms with Crippen molar-refractivity contribution in [2.45, 2.75) is 32.7 Å². The fraction of sp³-hybridized carbons (Fsp3) is 0.250. The zero-order valence-corrected chi connectivity index (χ0v) is 17.9. The van der Waals surface area contributed by atoms with E-state index in [1.165, 1.54) is 0 Å². The van der Waals surface area contributed by atoms with Crippen molar-refractivity contribution in [2.75, 3.05) is 7.05 Å². The van der Waals surface area contributed by atoms with Gasteiger partial charge in [-0.25, -0.2) is 0 Å². The van der Waals surface area contributed by atoms with Crippen LogP contribution in [0.25, 0.3) is 11.1 Å². The molecule has 0 aliphatic rings. The van der Waals surface area contributed by atoms with Gasteiger partial charge in [-0.05, 0) is 35.7 Å². The molecule has 0 aliphatic carbocycles. The van der Waals surface area contributed by atoms with E-state index in [9.17, 15) is 9.59 Å². The summed E-state index contributed by atoms with van der Waals surface area (Å²) in [5.41, 5.74) is 4.11. The molecular weight excluding hydrogens is 398 g/mol. The lowest BCUT2D eigenvalue weighted by Gasteiger charge is -2.17. The van der Waals surface area contributed by atoms with E-state index in [-0.39, 0.29) is 11.7 Å². The lowest BCUT2D eigenvalue weighted by molar-refractivity contribution is -0.130. The van der Waals surface area contributed by atoms with Crippen LogP contribution < -0.4 is 0 Å². The first-order chi connectivity index (χ1) is 14.5. The summed E-state index contributed by atoms with van der Waals surface area (Å²) in [4.78, 5) is 34.3. The van der Waals surface area contributed by atoms with Crippen LogP contribution in [0.5, 0.6) is 0 Å². The molecule has 2 heterocycles. The third kappa shape index (κ3) is 5.51. The Kier molecular flexibility index (Phi) is 7.31. The van der Waals surface area contributed by atoms with Crippen molar-refractivity contribution in [3.63, 3.8) is 0 Å². The number of rotatable bonds is 8. The number of carbonyl (C=O) groups excluding carboxylic acids is 2. The Balaban J connectivity index is 1.66. The Morgan fingerprint density at radius 1 is 1.07 bits per heavy atom. The summed E-state index contributed by atoms with van der Waals surface area (Å²) in [6, 6.07) is 13.1. The first-order valence-corrected chi connectivity index (χ1v) is 10.3. The lowest BCUT2D eigenvalue weighted by Crippen LogP contribution is -2.25. The third-order valence-electron chi connectivity index (χ3n) is 4.91. The fourth-order valence-corrected chi connectivity index (χ4v) is 3.49. The minimum Gasteiger partial charge on any atom is -0.341 e. The second-order valence-corrected chi connectivity index (χ2v) is 7.54. The number of benzene rings is 1. The average molecular weight is 422 g/mol. The number of pyridine rings is 2. The molecule has 0 fully saturated rings. The topological polar surface area (TPSA) is 63.2 Å². The van der Waals surface area contributed by atoms with Crippen LogP contribution >= 0.6 is 11.6 Å². The molecule has 1 aromatic carbocycles. The monoisotopic (exact) mass is 421 g/mol. The van der Waals surface area contributed by atoms with E-state index in [0.29, 0.717) is 36.5 Å². The Bertz CT molecular complexity index is 1020. The van der Waals surface area contributed by atoms with Crippen LogP contribution in [0, 0.1) is 0 Å².